The lowest BCUT2D eigenvalue weighted by molar-refractivity contribution is -0.384. The van der Waals surface area contributed by atoms with Crippen LogP contribution in [0.4, 0.5) is 5.69 Å². The van der Waals surface area contributed by atoms with E-state index < -0.39 is 16.7 Å². The van der Waals surface area contributed by atoms with E-state index in [0.717, 1.165) is 17.0 Å². The van der Waals surface area contributed by atoms with Crippen molar-refractivity contribution in [2.24, 2.45) is 0 Å². The number of nitro groups is 1. The van der Waals surface area contributed by atoms with Crippen LogP contribution in [-0.4, -0.2) is 21.3 Å². The molecule has 2 N–H and O–H groups in total. The van der Waals surface area contributed by atoms with Gasteiger partial charge in [-0.2, -0.15) is 0 Å². The van der Waals surface area contributed by atoms with Crippen LogP contribution in [-0.2, 0) is 11.3 Å². The Bertz CT molecular complexity index is 964. The molecule has 0 fully saturated rings. The number of para-hydroxylation sites is 1. The van der Waals surface area contributed by atoms with Crippen LogP contribution >= 0.6 is 0 Å². The molecule has 0 atom stereocenters. The number of nitrogens with zero attached hydrogens (tertiary/aromatic N) is 2. The molecule has 3 rings (SSSR count). The summed E-state index contributed by atoms with van der Waals surface area (Å²) < 4.78 is 1.75. The van der Waals surface area contributed by atoms with Gasteiger partial charge in [-0.25, -0.2) is 0 Å². The molecular formula is C17H14N4O4. The van der Waals surface area contributed by atoms with Gasteiger partial charge >= 0.3 is 0 Å². The van der Waals surface area contributed by atoms with Crippen LogP contribution in [0.5, 0.6) is 0 Å². The molecule has 3 aromatic rings. The average molecular weight is 338 g/mol. The van der Waals surface area contributed by atoms with E-state index in [0.29, 0.717) is 0 Å². The predicted octanol–water partition coefficient (Wildman–Crippen LogP) is 2.01. The Labute approximate surface area is 142 Å². The van der Waals surface area contributed by atoms with E-state index in [-0.39, 0.29) is 17.8 Å². The smallest absolute Gasteiger partial charge is 0.270 e. The summed E-state index contributed by atoms with van der Waals surface area (Å²) in [6.45, 7) is 0.0305. The van der Waals surface area contributed by atoms with Crippen LogP contribution in [0.3, 0.4) is 0 Å². The number of nitro benzene ring substituents is 1. The first-order chi connectivity index (χ1) is 12.0. The van der Waals surface area contributed by atoms with Crippen LogP contribution in [0.2, 0.25) is 0 Å². The van der Waals surface area contributed by atoms with Crippen molar-refractivity contribution < 1.29 is 14.5 Å². The number of hydrazine groups is 1. The molecule has 2 aromatic carbocycles. The minimum Gasteiger partial charge on any atom is -0.338 e. The molecule has 0 saturated carbocycles. The van der Waals surface area contributed by atoms with Gasteiger partial charge in [0.2, 0.25) is 0 Å². The van der Waals surface area contributed by atoms with E-state index in [1.54, 1.807) is 10.8 Å². The van der Waals surface area contributed by atoms with Crippen LogP contribution in [0.25, 0.3) is 10.9 Å². The predicted molar refractivity (Wildman–Crippen MR) is 90.6 cm³/mol. The van der Waals surface area contributed by atoms with E-state index in [2.05, 4.69) is 10.9 Å². The van der Waals surface area contributed by atoms with Gasteiger partial charge in [0.1, 0.15) is 6.54 Å². The molecule has 0 aliphatic heterocycles. The SMILES string of the molecule is O=C(Cn1ccc2ccccc21)NNC(=O)c1cccc([N+](=O)[O-])c1. The fourth-order valence-electron chi connectivity index (χ4n) is 2.43. The first-order valence-electron chi connectivity index (χ1n) is 7.42. The second-order valence-corrected chi connectivity index (χ2v) is 5.31. The highest BCUT2D eigenvalue weighted by molar-refractivity contribution is 5.96. The van der Waals surface area contributed by atoms with Gasteiger partial charge in [-0.3, -0.25) is 30.6 Å². The van der Waals surface area contributed by atoms with Crippen LogP contribution < -0.4 is 10.9 Å². The zero-order valence-electron chi connectivity index (χ0n) is 13.0. The maximum atomic E-state index is 12.0. The maximum Gasteiger partial charge on any atom is 0.270 e. The molecule has 8 nitrogen and oxygen atoms in total. The van der Waals surface area contributed by atoms with Gasteiger partial charge in [0.15, 0.2) is 0 Å². The highest BCUT2D eigenvalue weighted by atomic mass is 16.6. The topological polar surface area (TPSA) is 106 Å². The Morgan fingerprint density at radius 1 is 1.04 bits per heavy atom. The van der Waals surface area contributed by atoms with Crippen molar-refractivity contribution in [3.05, 3.63) is 76.5 Å². The third-order valence-electron chi connectivity index (χ3n) is 3.63. The highest BCUT2D eigenvalue weighted by Gasteiger charge is 2.12. The van der Waals surface area contributed by atoms with Gasteiger partial charge in [0.05, 0.1) is 4.92 Å². The number of fused-ring (bicyclic) bond motifs is 1. The summed E-state index contributed by atoms with van der Waals surface area (Å²) in [4.78, 5) is 34.1. The van der Waals surface area contributed by atoms with Gasteiger partial charge < -0.3 is 4.57 Å². The van der Waals surface area contributed by atoms with E-state index >= 15 is 0 Å². The van der Waals surface area contributed by atoms with Gasteiger partial charge in [-0.1, -0.05) is 24.3 Å². The van der Waals surface area contributed by atoms with E-state index in [1.165, 1.54) is 18.2 Å². The lowest BCUT2D eigenvalue weighted by Gasteiger charge is -2.09. The Kier molecular flexibility index (Phi) is 4.42. The third-order valence-corrected chi connectivity index (χ3v) is 3.63. The number of hydrogen-bond donors (Lipinski definition) is 2. The highest BCUT2D eigenvalue weighted by Crippen LogP contribution is 2.15. The van der Waals surface area contributed by atoms with E-state index in [4.69, 9.17) is 0 Å². The van der Waals surface area contributed by atoms with Gasteiger partial charge in [-0.05, 0) is 23.6 Å². The van der Waals surface area contributed by atoms with Gasteiger partial charge in [0, 0.05) is 29.4 Å². The van der Waals surface area contributed by atoms with Crippen LogP contribution in [0, 0.1) is 10.1 Å². The summed E-state index contributed by atoms with van der Waals surface area (Å²) in [5, 5.41) is 11.7. The molecule has 1 heterocycles. The number of aromatic nitrogens is 1. The van der Waals surface area contributed by atoms with Crippen molar-refractivity contribution >= 4 is 28.4 Å². The molecule has 0 spiro atoms. The van der Waals surface area contributed by atoms with Gasteiger partial charge in [0.25, 0.3) is 17.5 Å². The molecule has 0 unspecified atom stereocenters. The molecule has 0 radical (unpaired) electrons. The number of rotatable bonds is 4. The summed E-state index contributed by atoms with van der Waals surface area (Å²) in [5.74, 6) is -1.05. The Balaban J connectivity index is 1.61. The first-order valence-corrected chi connectivity index (χ1v) is 7.42. The number of hydrogen-bond acceptors (Lipinski definition) is 4. The molecule has 8 heteroatoms. The Morgan fingerprint density at radius 3 is 2.64 bits per heavy atom. The van der Waals surface area contributed by atoms with Crippen molar-refractivity contribution in [1.29, 1.82) is 0 Å². The van der Waals surface area contributed by atoms with Crippen LogP contribution in [0.1, 0.15) is 10.4 Å². The van der Waals surface area contributed by atoms with Crippen molar-refractivity contribution in [2.75, 3.05) is 0 Å². The van der Waals surface area contributed by atoms with E-state index in [9.17, 15) is 19.7 Å². The zero-order chi connectivity index (χ0) is 17.8. The average Bonchev–Trinajstić information content (AvgIpc) is 3.03. The molecule has 25 heavy (non-hydrogen) atoms. The lowest BCUT2D eigenvalue weighted by Crippen LogP contribution is -2.43. The fourth-order valence-corrected chi connectivity index (χ4v) is 2.43. The largest absolute Gasteiger partial charge is 0.338 e. The van der Waals surface area contributed by atoms with Crippen molar-refractivity contribution in [2.45, 2.75) is 6.54 Å². The summed E-state index contributed by atoms with van der Waals surface area (Å²) >= 11 is 0. The standard InChI is InChI=1S/C17H14N4O4/c22-16(11-20-9-8-12-4-1-2-7-15(12)20)18-19-17(23)13-5-3-6-14(10-13)21(24)25/h1-10H,11H2,(H,18,22)(H,19,23). The molecule has 1 aromatic heterocycles. The molecule has 0 saturated heterocycles. The molecule has 0 bridgehead atoms. The molecule has 2 amide bonds. The molecule has 0 aliphatic rings. The molecule has 126 valence electrons. The number of amides is 2. The monoisotopic (exact) mass is 338 g/mol. The minimum atomic E-state index is -0.630. The Morgan fingerprint density at radius 2 is 1.84 bits per heavy atom. The maximum absolute atomic E-state index is 12.0. The number of nitrogens with one attached hydrogen (secondary N) is 2. The van der Waals surface area contributed by atoms with Gasteiger partial charge in [-0.15, -0.1) is 0 Å². The fraction of sp³-hybridized carbons (Fsp3) is 0.0588. The first kappa shape index (κ1) is 16.2. The summed E-state index contributed by atoms with van der Waals surface area (Å²) in [6, 6.07) is 14.8. The lowest BCUT2D eigenvalue weighted by atomic mass is 10.2. The minimum absolute atomic E-state index is 0.0305. The van der Waals surface area contributed by atoms with Crippen molar-refractivity contribution in [1.82, 2.24) is 15.4 Å². The summed E-state index contributed by atoms with van der Waals surface area (Å²) in [7, 11) is 0. The summed E-state index contributed by atoms with van der Waals surface area (Å²) in [6.07, 6.45) is 1.78. The second-order valence-electron chi connectivity index (χ2n) is 5.31. The third kappa shape index (κ3) is 3.63. The number of carbonyl (C=O) groups is 2. The van der Waals surface area contributed by atoms with E-state index in [1.807, 2.05) is 30.3 Å². The number of non-ortho nitro benzene ring substituents is 1. The normalized spacial score (nSPS) is 10.4. The number of carbonyl (C=O) groups excluding carboxylic acids is 2. The summed E-state index contributed by atoms with van der Waals surface area (Å²) in [5.41, 5.74) is 5.35. The number of benzene rings is 2. The van der Waals surface area contributed by atoms with Crippen LogP contribution in [0.15, 0.2) is 60.8 Å². The molecule has 0 aliphatic carbocycles. The molecular weight excluding hydrogens is 324 g/mol. The zero-order valence-corrected chi connectivity index (χ0v) is 13.0. The van der Waals surface area contributed by atoms with Crippen molar-refractivity contribution in [3.8, 4) is 0 Å². The second kappa shape index (κ2) is 6.83. The Hall–Kier alpha value is -3.68. The quantitative estimate of drug-likeness (QED) is 0.560. The van der Waals surface area contributed by atoms with Crippen molar-refractivity contribution in [3.63, 3.8) is 0 Å².